The normalized spacial score (nSPS) is 19.4. The highest BCUT2D eigenvalue weighted by Gasteiger charge is 2.47. The number of nitrogens with one attached hydrogen (secondary N) is 1. The van der Waals surface area contributed by atoms with E-state index in [0.29, 0.717) is 19.5 Å². The van der Waals surface area contributed by atoms with E-state index in [1.807, 2.05) is 25.7 Å². The van der Waals surface area contributed by atoms with Crippen LogP contribution in [0.15, 0.2) is 24.3 Å². The van der Waals surface area contributed by atoms with E-state index in [1.165, 1.54) is 19.1 Å². The van der Waals surface area contributed by atoms with Crippen LogP contribution >= 0.6 is 0 Å². The number of hydrogen-bond acceptors (Lipinski definition) is 8. The summed E-state index contributed by atoms with van der Waals surface area (Å²) < 4.78 is 5.17. The molecule has 1 aromatic carbocycles. The zero-order valence-corrected chi connectivity index (χ0v) is 21.0. The molecule has 0 saturated carbocycles. The smallest absolute Gasteiger partial charge is 0.330 e. The van der Waals surface area contributed by atoms with Gasteiger partial charge in [0.1, 0.15) is 12.1 Å². The number of carbonyl (C=O) groups excluding carboxylic acids is 6. The molecule has 3 atom stereocenters. The van der Waals surface area contributed by atoms with Crippen molar-refractivity contribution < 1.29 is 33.5 Å². The lowest BCUT2D eigenvalue weighted by atomic mass is 10.0. The summed E-state index contributed by atoms with van der Waals surface area (Å²) in [5.74, 6) is -3.71. The standard InChI is InChI=1S/C25H32N4O7/c1-5-18(27(6-2)7-3)21(31)26-15(4)25(35)36-14-28-20(30)13-12-19(24(28)34)29-22(32)16-10-8-9-11-17(16)23(29)33/h8-11,15,18-19H,5-7,12-14H2,1-4H3,(H,26,31)/t15-,18?,19-/m0/s1. The third-order valence-corrected chi connectivity index (χ3v) is 6.61. The Balaban J connectivity index is 1.63. The molecular weight excluding hydrogens is 468 g/mol. The van der Waals surface area contributed by atoms with Crippen molar-refractivity contribution in [2.45, 2.75) is 65.1 Å². The van der Waals surface area contributed by atoms with Crippen LogP contribution in [0.4, 0.5) is 0 Å². The average Bonchev–Trinajstić information content (AvgIpc) is 3.12. The minimum absolute atomic E-state index is 0.0101. The first-order valence-electron chi connectivity index (χ1n) is 12.2. The highest BCUT2D eigenvalue weighted by atomic mass is 16.5. The van der Waals surface area contributed by atoms with E-state index < -0.39 is 54.5 Å². The van der Waals surface area contributed by atoms with Gasteiger partial charge in [-0.2, -0.15) is 0 Å². The molecule has 0 radical (unpaired) electrons. The SMILES string of the molecule is CCC(C(=O)N[C@@H](C)C(=O)OCN1C(=O)CC[C@H](N2C(=O)c3ccccc3C2=O)C1=O)N(CC)CC. The quantitative estimate of drug-likeness (QED) is 0.370. The Hall–Kier alpha value is -3.60. The number of imide groups is 2. The number of nitrogens with zero attached hydrogens (tertiary/aromatic N) is 3. The van der Waals surface area contributed by atoms with Crippen molar-refractivity contribution in [3.05, 3.63) is 35.4 Å². The number of likely N-dealkylation sites (N-methyl/N-ethyl adjacent to an activating group) is 1. The van der Waals surface area contributed by atoms with Crippen LogP contribution in [0.2, 0.25) is 0 Å². The van der Waals surface area contributed by atoms with Crippen LogP contribution in [0.5, 0.6) is 0 Å². The molecule has 2 aliphatic rings. The lowest BCUT2D eigenvalue weighted by Crippen LogP contribution is -2.57. The van der Waals surface area contributed by atoms with Gasteiger partial charge in [0.05, 0.1) is 17.2 Å². The number of rotatable bonds is 10. The first-order chi connectivity index (χ1) is 17.2. The molecule has 1 N–H and O–H groups in total. The van der Waals surface area contributed by atoms with Gasteiger partial charge < -0.3 is 10.1 Å². The summed E-state index contributed by atoms with van der Waals surface area (Å²) in [6, 6.07) is 3.67. The molecule has 36 heavy (non-hydrogen) atoms. The summed E-state index contributed by atoms with van der Waals surface area (Å²) >= 11 is 0. The minimum Gasteiger partial charge on any atom is -0.442 e. The third kappa shape index (κ3) is 5.15. The highest BCUT2D eigenvalue weighted by molar-refractivity contribution is 6.23. The Bertz CT molecular complexity index is 1030. The molecule has 0 spiro atoms. The van der Waals surface area contributed by atoms with Gasteiger partial charge in [-0.15, -0.1) is 0 Å². The fraction of sp³-hybridized carbons (Fsp3) is 0.520. The summed E-state index contributed by atoms with van der Waals surface area (Å²) in [6.45, 7) is 7.89. The number of likely N-dealkylation sites (tertiary alicyclic amines) is 1. The highest BCUT2D eigenvalue weighted by Crippen LogP contribution is 2.29. The van der Waals surface area contributed by atoms with Gasteiger partial charge in [0, 0.05) is 6.42 Å². The maximum Gasteiger partial charge on any atom is 0.330 e. The van der Waals surface area contributed by atoms with Gasteiger partial charge >= 0.3 is 5.97 Å². The Morgan fingerprint density at radius 2 is 1.64 bits per heavy atom. The topological polar surface area (TPSA) is 133 Å². The van der Waals surface area contributed by atoms with Gasteiger partial charge in [0.25, 0.3) is 17.7 Å². The number of benzene rings is 1. The Labute approximate surface area is 209 Å². The summed E-state index contributed by atoms with van der Waals surface area (Å²) in [5, 5.41) is 2.62. The molecule has 0 aromatic heterocycles. The molecule has 194 valence electrons. The maximum absolute atomic E-state index is 13.1. The van der Waals surface area contributed by atoms with Gasteiger partial charge in [0.2, 0.25) is 11.8 Å². The van der Waals surface area contributed by atoms with E-state index in [0.717, 1.165) is 9.80 Å². The third-order valence-electron chi connectivity index (χ3n) is 6.61. The number of ether oxygens (including phenoxy) is 1. The van der Waals surface area contributed by atoms with E-state index in [4.69, 9.17) is 4.74 Å². The van der Waals surface area contributed by atoms with Crippen LogP contribution in [0.1, 0.15) is 67.7 Å². The number of hydrogen-bond donors (Lipinski definition) is 1. The molecule has 1 aromatic rings. The molecule has 1 fully saturated rings. The summed E-state index contributed by atoms with van der Waals surface area (Å²) in [4.78, 5) is 79.8. The van der Waals surface area contributed by atoms with Crippen molar-refractivity contribution in [2.75, 3.05) is 19.8 Å². The second-order valence-electron chi connectivity index (χ2n) is 8.71. The van der Waals surface area contributed by atoms with Crippen LogP contribution in [0, 0.1) is 0 Å². The number of fused-ring (bicyclic) bond motifs is 1. The second kappa shape index (κ2) is 11.4. The monoisotopic (exact) mass is 500 g/mol. The van der Waals surface area contributed by atoms with Crippen LogP contribution < -0.4 is 5.32 Å². The van der Waals surface area contributed by atoms with Crippen LogP contribution in [-0.2, 0) is 23.9 Å². The molecule has 2 aliphatic heterocycles. The fourth-order valence-corrected chi connectivity index (χ4v) is 4.58. The summed E-state index contributed by atoms with van der Waals surface area (Å²) in [7, 11) is 0. The molecular formula is C25H32N4O7. The molecule has 0 bridgehead atoms. The fourth-order valence-electron chi connectivity index (χ4n) is 4.58. The van der Waals surface area contributed by atoms with Gasteiger partial charge in [-0.25, -0.2) is 9.69 Å². The maximum atomic E-state index is 13.1. The number of amides is 5. The zero-order chi connectivity index (χ0) is 26.6. The van der Waals surface area contributed by atoms with Crippen molar-refractivity contribution in [3.63, 3.8) is 0 Å². The Morgan fingerprint density at radius 3 is 2.17 bits per heavy atom. The molecule has 1 saturated heterocycles. The minimum atomic E-state index is -1.18. The number of esters is 1. The Kier molecular flexibility index (Phi) is 8.57. The molecule has 3 rings (SSSR count). The largest absolute Gasteiger partial charge is 0.442 e. The molecule has 11 heteroatoms. The van der Waals surface area contributed by atoms with Gasteiger partial charge in [-0.3, -0.25) is 33.8 Å². The van der Waals surface area contributed by atoms with E-state index in [2.05, 4.69) is 5.32 Å². The number of piperidine rings is 1. The number of carbonyl (C=O) groups is 6. The lowest BCUT2D eigenvalue weighted by molar-refractivity contribution is -0.165. The Morgan fingerprint density at radius 1 is 1.06 bits per heavy atom. The molecule has 11 nitrogen and oxygen atoms in total. The zero-order valence-electron chi connectivity index (χ0n) is 21.0. The van der Waals surface area contributed by atoms with Crippen molar-refractivity contribution in [1.29, 1.82) is 0 Å². The van der Waals surface area contributed by atoms with Crippen molar-refractivity contribution in [1.82, 2.24) is 20.0 Å². The van der Waals surface area contributed by atoms with E-state index >= 15 is 0 Å². The van der Waals surface area contributed by atoms with Crippen molar-refractivity contribution in [3.8, 4) is 0 Å². The van der Waals surface area contributed by atoms with Gasteiger partial charge in [-0.1, -0.05) is 32.9 Å². The van der Waals surface area contributed by atoms with E-state index in [-0.39, 0.29) is 29.9 Å². The van der Waals surface area contributed by atoms with Crippen LogP contribution in [-0.4, -0.2) is 88.2 Å². The molecule has 5 amide bonds. The predicted molar refractivity (Wildman–Crippen MR) is 127 cm³/mol. The molecule has 1 unspecified atom stereocenters. The average molecular weight is 501 g/mol. The van der Waals surface area contributed by atoms with Crippen molar-refractivity contribution >= 4 is 35.5 Å². The van der Waals surface area contributed by atoms with Gasteiger partial charge in [-0.05, 0) is 45.0 Å². The van der Waals surface area contributed by atoms with Crippen LogP contribution in [0.3, 0.4) is 0 Å². The van der Waals surface area contributed by atoms with E-state index in [1.54, 1.807) is 12.1 Å². The van der Waals surface area contributed by atoms with Gasteiger partial charge in [0.15, 0.2) is 6.73 Å². The predicted octanol–water partition coefficient (Wildman–Crippen LogP) is 0.926. The molecule has 0 aliphatic carbocycles. The summed E-state index contributed by atoms with van der Waals surface area (Å²) in [5.41, 5.74) is 0.398. The van der Waals surface area contributed by atoms with Crippen molar-refractivity contribution in [2.24, 2.45) is 0 Å². The molecule has 2 heterocycles. The van der Waals surface area contributed by atoms with Crippen LogP contribution in [0.25, 0.3) is 0 Å². The second-order valence-corrected chi connectivity index (χ2v) is 8.71. The first-order valence-corrected chi connectivity index (χ1v) is 12.2. The summed E-state index contributed by atoms with van der Waals surface area (Å²) in [6.07, 6.45) is 0.449. The van der Waals surface area contributed by atoms with E-state index in [9.17, 15) is 28.8 Å². The first kappa shape index (κ1) is 27.0. The lowest BCUT2D eigenvalue weighted by Gasteiger charge is -2.34.